The molecule has 0 aliphatic carbocycles. The normalized spacial score (nSPS) is 14.0. The van der Waals surface area contributed by atoms with Crippen LogP contribution in [0.25, 0.3) is 22.4 Å². The van der Waals surface area contributed by atoms with Crippen LogP contribution in [0.5, 0.6) is 0 Å². The van der Waals surface area contributed by atoms with E-state index in [1.807, 2.05) is 13.0 Å². The molecule has 0 atom stereocenters. The van der Waals surface area contributed by atoms with Gasteiger partial charge < -0.3 is 15.5 Å². The van der Waals surface area contributed by atoms with Crippen LogP contribution in [-0.4, -0.2) is 63.2 Å². The Morgan fingerprint density at radius 1 is 1.09 bits per heavy atom. The van der Waals surface area contributed by atoms with Crippen LogP contribution in [0.15, 0.2) is 36.8 Å². The summed E-state index contributed by atoms with van der Waals surface area (Å²) in [5, 5.41) is 0.374. The summed E-state index contributed by atoms with van der Waals surface area (Å²) in [5.41, 5.74) is 9.60. The summed E-state index contributed by atoms with van der Waals surface area (Å²) in [6.45, 7) is 2.86. The van der Waals surface area contributed by atoms with Crippen LogP contribution >= 0.6 is 23.2 Å². The molecule has 1 aliphatic heterocycles. The molecule has 1 aliphatic rings. The highest BCUT2D eigenvalue weighted by Crippen LogP contribution is 2.37. The minimum atomic E-state index is -0.377. The van der Waals surface area contributed by atoms with Crippen molar-refractivity contribution < 1.29 is 9.59 Å². The van der Waals surface area contributed by atoms with Gasteiger partial charge in [-0.25, -0.2) is 15.0 Å². The standard InChI is InChI=1S/C23H22Cl2N6O2/c1-3-17-20(13-4-5-18(26)27-10-13)22(29-12-28-17)14-8-15(24)21(16(25)9-14)23(33)31-7-6-30(2)19(32)11-31/h4-5,8-10,12H,3,6-7,11H2,1-2H3,(H2,26,27). The molecule has 170 valence electrons. The fraction of sp³-hybridized carbons (Fsp3) is 0.261. The van der Waals surface area contributed by atoms with E-state index in [0.717, 1.165) is 16.8 Å². The molecule has 10 heteroatoms. The molecule has 1 aromatic carbocycles. The molecule has 1 fully saturated rings. The number of amides is 2. The maximum atomic E-state index is 13.1. The Morgan fingerprint density at radius 2 is 1.82 bits per heavy atom. The number of pyridine rings is 1. The average molecular weight is 485 g/mol. The molecule has 0 bridgehead atoms. The van der Waals surface area contributed by atoms with E-state index in [0.29, 0.717) is 36.6 Å². The fourth-order valence-corrected chi connectivity index (χ4v) is 4.42. The van der Waals surface area contributed by atoms with Gasteiger partial charge in [-0.15, -0.1) is 0 Å². The Labute approximate surface area is 201 Å². The van der Waals surface area contributed by atoms with Gasteiger partial charge in [0.1, 0.15) is 18.7 Å². The fourth-order valence-electron chi connectivity index (χ4n) is 3.77. The average Bonchev–Trinajstić information content (AvgIpc) is 2.80. The summed E-state index contributed by atoms with van der Waals surface area (Å²) in [6, 6.07) is 6.89. The largest absolute Gasteiger partial charge is 0.384 e. The topological polar surface area (TPSA) is 105 Å². The number of benzene rings is 1. The van der Waals surface area contributed by atoms with E-state index in [1.54, 1.807) is 36.3 Å². The number of nitrogens with zero attached hydrogens (tertiary/aromatic N) is 5. The van der Waals surface area contributed by atoms with E-state index in [1.165, 1.54) is 11.2 Å². The molecule has 33 heavy (non-hydrogen) atoms. The molecule has 2 N–H and O–H groups in total. The lowest BCUT2D eigenvalue weighted by Crippen LogP contribution is -2.50. The second-order valence-electron chi connectivity index (χ2n) is 7.73. The van der Waals surface area contributed by atoms with Crippen LogP contribution in [0.1, 0.15) is 23.0 Å². The Hall–Kier alpha value is -3.23. The highest BCUT2D eigenvalue weighted by molar-refractivity contribution is 6.40. The molecular weight excluding hydrogens is 463 g/mol. The minimum absolute atomic E-state index is 0.0101. The van der Waals surface area contributed by atoms with Crippen molar-refractivity contribution in [2.24, 2.45) is 0 Å². The zero-order valence-electron chi connectivity index (χ0n) is 18.2. The molecule has 8 nitrogen and oxygen atoms in total. The van der Waals surface area contributed by atoms with Crippen molar-refractivity contribution in [2.45, 2.75) is 13.3 Å². The first-order valence-electron chi connectivity index (χ1n) is 10.4. The molecule has 2 aromatic heterocycles. The number of halogens is 2. The highest BCUT2D eigenvalue weighted by atomic mass is 35.5. The van der Waals surface area contributed by atoms with Crippen molar-refractivity contribution in [2.75, 3.05) is 32.4 Å². The number of anilines is 1. The van der Waals surface area contributed by atoms with Crippen LogP contribution in [0.3, 0.4) is 0 Å². The van der Waals surface area contributed by atoms with E-state index >= 15 is 0 Å². The zero-order chi connectivity index (χ0) is 23.7. The number of carbonyl (C=O) groups is 2. The monoisotopic (exact) mass is 484 g/mol. The number of carbonyl (C=O) groups excluding carboxylic acids is 2. The van der Waals surface area contributed by atoms with Crippen molar-refractivity contribution in [3.63, 3.8) is 0 Å². The van der Waals surface area contributed by atoms with E-state index in [-0.39, 0.29) is 34.0 Å². The molecule has 0 saturated carbocycles. The maximum Gasteiger partial charge on any atom is 0.257 e. The third-order valence-corrected chi connectivity index (χ3v) is 6.21. The summed E-state index contributed by atoms with van der Waals surface area (Å²) < 4.78 is 0. The van der Waals surface area contributed by atoms with Gasteiger partial charge >= 0.3 is 0 Å². The van der Waals surface area contributed by atoms with Crippen molar-refractivity contribution in [1.29, 1.82) is 0 Å². The minimum Gasteiger partial charge on any atom is -0.384 e. The van der Waals surface area contributed by atoms with Gasteiger partial charge in [0.05, 0.1) is 27.0 Å². The number of aryl methyl sites for hydroxylation is 1. The highest BCUT2D eigenvalue weighted by Gasteiger charge is 2.29. The molecule has 2 amide bonds. The van der Waals surface area contributed by atoms with E-state index in [4.69, 9.17) is 28.9 Å². The van der Waals surface area contributed by atoms with Crippen LogP contribution in [-0.2, 0) is 11.2 Å². The maximum absolute atomic E-state index is 13.1. The predicted octanol–water partition coefficient (Wildman–Crippen LogP) is 3.57. The summed E-state index contributed by atoms with van der Waals surface area (Å²) >= 11 is 13.1. The van der Waals surface area contributed by atoms with E-state index in [9.17, 15) is 9.59 Å². The van der Waals surface area contributed by atoms with Crippen LogP contribution < -0.4 is 5.73 Å². The molecule has 1 saturated heterocycles. The van der Waals surface area contributed by atoms with Gasteiger partial charge in [0.2, 0.25) is 5.91 Å². The van der Waals surface area contributed by atoms with Gasteiger partial charge in [-0.3, -0.25) is 9.59 Å². The lowest BCUT2D eigenvalue weighted by molar-refractivity contribution is -0.133. The molecule has 3 aromatic rings. The number of aromatic nitrogens is 3. The van der Waals surface area contributed by atoms with Crippen LogP contribution in [0, 0.1) is 0 Å². The summed E-state index contributed by atoms with van der Waals surface area (Å²) in [5.74, 6) is -0.0993. The second-order valence-corrected chi connectivity index (χ2v) is 8.54. The lowest BCUT2D eigenvalue weighted by Gasteiger charge is -2.32. The number of rotatable bonds is 4. The molecule has 0 radical (unpaired) electrons. The molecule has 3 heterocycles. The Kier molecular flexibility index (Phi) is 6.49. The zero-order valence-corrected chi connectivity index (χ0v) is 19.7. The molecule has 4 rings (SSSR count). The van der Waals surface area contributed by atoms with Crippen molar-refractivity contribution in [1.82, 2.24) is 24.8 Å². The lowest BCUT2D eigenvalue weighted by atomic mass is 9.97. The first-order chi connectivity index (χ1) is 15.8. The summed E-state index contributed by atoms with van der Waals surface area (Å²) in [7, 11) is 1.71. The van der Waals surface area contributed by atoms with Gasteiger partial charge in [-0.05, 0) is 30.7 Å². The Balaban J connectivity index is 1.77. The number of likely N-dealkylation sites (N-methyl/N-ethyl adjacent to an activating group) is 1. The number of nitrogen functional groups attached to an aromatic ring is 1. The van der Waals surface area contributed by atoms with Gasteiger partial charge in [-0.2, -0.15) is 0 Å². The van der Waals surface area contributed by atoms with Crippen molar-refractivity contribution in [3.05, 3.63) is 58.1 Å². The van der Waals surface area contributed by atoms with Crippen LogP contribution in [0.2, 0.25) is 10.0 Å². The number of piperazine rings is 1. The van der Waals surface area contributed by atoms with Gasteiger partial charge in [0.25, 0.3) is 5.91 Å². The number of hydrogen-bond acceptors (Lipinski definition) is 6. The second kappa shape index (κ2) is 9.33. The third kappa shape index (κ3) is 4.49. The Morgan fingerprint density at radius 3 is 2.42 bits per heavy atom. The first kappa shape index (κ1) is 22.9. The molecule has 0 unspecified atom stereocenters. The molecule has 0 spiro atoms. The molecular formula is C23H22Cl2N6O2. The summed E-state index contributed by atoms with van der Waals surface area (Å²) in [6.07, 6.45) is 3.83. The quantitative estimate of drug-likeness (QED) is 0.606. The van der Waals surface area contributed by atoms with Crippen molar-refractivity contribution >= 4 is 40.8 Å². The number of nitrogens with two attached hydrogens (primary N) is 1. The number of hydrogen-bond donors (Lipinski definition) is 1. The van der Waals surface area contributed by atoms with Gasteiger partial charge in [0, 0.05) is 43.0 Å². The van der Waals surface area contributed by atoms with Crippen LogP contribution in [0.4, 0.5) is 5.82 Å². The van der Waals surface area contributed by atoms with E-state index < -0.39 is 0 Å². The van der Waals surface area contributed by atoms with Gasteiger partial charge in [-0.1, -0.05) is 30.1 Å². The first-order valence-corrected chi connectivity index (χ1v) is 11.1. The Bertz CT molecular complexity index is 1210. The summed E-state index contributed by atoms with van der Waals surface area (Å²) in [4.78, 5) is 41.3. The van der Waals surface area contributed by atoms with Crippen molar-refractivity contribution in [3.8, 4) is 22.4 Å². The van der Waals surface area contributed by atoms with E-state index in [2.05, 4.69) is 15.0 Å². The predicted molar refractivity (Wildman–Crippen MR) is 128 cm³/mol. The third-order valence-electron chi connectivity index (χ3n) is 5.61. The SMILES string of the molecule is CCc1ncnc(-c2cc(Cl)c(C(=O)N3CCN(C)C(=O)C3)c(Cl)c2)c1-c1ccc(N)nc1. The van der Waals surface area contributed by atoms with Gasteiger partial charge in [0.15, 0.2) is 0 Å². The smallest absolute Gasteiger partial charge is 0.257 e.